The summed E-state index contributed by atoms with van der Waals surface area (Å²) in [5.41, 5.74) is 0.158. The Morgan fingerprint density at radius 1 is 1.18 bits per heavy atom. The van der Waals surface area contributed by atoms with Gasteiger partial charge in [0.15, 0.2) is 0 Å². The maximum atomic E-state index is 13.5. The summed E-state index contributed by atoms with van der Waals surface area (Å²) < 4.78 is 16.1. The first-order valence-corrected chi connectivity index (χ1v) is 12.2. The molecule has 1 saturated carbocycles. The fourth-order valence-electron chi connectivity index (χ4n) is 4.47. The molecule has 0 bridgehead atoms. The minimum absolute atomic E-state index is 0.0573. The van der Waals surface area contributed by atoms with Crippen molar-refractivity contribution in [2.45, 2.75) is 64.5 Å². The van der Waals surface area contributed by atoms with Crippen LogP contribution in [0.5, 0.6) is 0 Å². The van der Waals surface area contributed by atoms with Crippen molar-refractivity contribution in [3.8, 4) is 0 Å². The molecule has 1 amide bonds. The average molecular weight is 498 g/mol. The maximum absolute atomic E-state index is 13.5. The highest BCUT2D eigenvalue weighted by atomic mass is 35.5. The molecule has 1 aromatic carbocycles. The number of carboxylic acids is 1. The van der Waals surface area contributed by atoms with Crippen LogP contribution >= 0.6 is 11.6 Å². The van der Waals surface area contributed by atoms with Crippen molar-refractivity contribution in [3.05, 3.63) is 34.9 Å². The fourth-order valence-corrected chi connectivity index (χ4v) is 4.60. The number of hydrogen-bond acceptors (Lipinski definition) is 6. The van der Waals surface area contributed by atoms with Crippen molar-refractivity contribution in [1.82, 2.24) is 5.32 Å². The molecule has 1 fully saturated rings. The molecule has 0 spiro atoms. The Morgan fingerprint density at radius 3 is 2.44 bits per heavy atom. The van der Waals surface area contributed by atoms with E-state index in [2.05, 4.69) is 5.32 Å². The largest absolute Gasteiger partial charge is 0.481 e. The van der Waals surface area contributed by atoms with E-state index >= 15 is 0 Å². The third-order valence-corrected chi connectivity index (χ3v) is 6.48. The van der Waals surface area contributed by atoms with E-state index in [0.29, 0.717) is 37.3 Å². The molecule has 8 nitrogen and oxygen atoms in total. The lowest BCUT2D eigenvalue weighted by atomic mass is 9.75. The van der Waals surface area contributed by atoms with Crippen LogP contribution in [-0.2, 0) is 35.2 Å². The zero-order chi connectivity index (χ0) is 25.0. The van der Waals surface area contributed by atoms with Gasteiger partial charge in [0.2, 0.25) is 5.91 Å². The number of carbonyl (C=O) groups excluding carboxylic acids is 2. The summed E-state index contributed by atoms with van der Waals surface area (Å²) in [4.78, 5) is 37.4. The van der Waals surface area contributed by atoms with Crippen LogP contribution in [0.4, 0.5) is 0 Å². The lowest BCUT2D eigenvalue weighted by molar-refractivity contribution is -0.151. The predicted octanol–water partition coefficient (Wildman–Crippen LogP) is 3.98. The molecule has 2 unspecified atom stereocenters. The summed E-state index contributed by atoms with van der Waals surface area (Å²) >= 11 is 5.90. The zero-order valence-electron chi connectivity index (χ0n) is 20.0. The molecule has 2 atom stereocenters. The van der Waals surface area contributed by atoms with Crippen molar-refractivity contribution in [1.29, 1.82) is 0 Å². The van der Waals surface area contributed by atoms with E-state index in [1.54, 1.807) is 26.2 Å². The lowest BCUT2D eigenvalue weighted by Gasteiger charge is -2.32. The number of carbonyl (C=O) groups is 3. The molecular formula is C25H36ClNO7. The van der Waals surface area contributed by atoms with Gasteiger partial charge < -0.3 is 24.6 Å². The van der Waals surface area contributed by atoms with Crippen molar-refractivity contribution in [2.75, 3.05) is 26.9 Å². The second-order valence-corrected chi connectivity index (χ2v) is 9.27. The molecule has 9 heteroatoms. The lowest BCUT2D eigenvalue weighted by Crippen LogP contribution is -2.48. The number of ether oxygens (including phenoxy) is 3. The quantitative estimate of drug-likeness (QED) is 0.352. The maximum Gasteiger partial charge on any atom is 0.309 e. The smallest absolute Gasteiger partial charge is 0.309 e. The summed E-state index contributed by atoms with van der Waals surface area (Å²) in [6, 6.07) is 6.48. The van der Waals surface area contributed by atoms with Crippen LogP contribution in [0.1, 0.15) is 57.4 Å². The second kappa shape index (κ2) is 14.3. The van der Waals surface area contributed by atoms with Gasteiger partial charge in [-0.15, -0.1) is 0 Å². The molecule has 190 valence electrons. The van der Waals surface area contributed by atoms with Crippen LogP contribution < -0.4 is 5.32 Å². The number of carboxylic acid groups (broad SMARTS) is 1. The number of amides is 1. The first kappa shape index (κ1) is 28.1. The van der Waals surface area contributed by atoms with E-state index in [-0.39, 0.29) is 38.1 Å². The second-order valence-electron chi connectivity index (χ2n) is 8.83. The van der Waals surface area contributed by atoms with Crippen LogP contribution in [0.15, 0.2) is 24.3 Å². The summed E-state index contributed by atoms with van der Waals surface area (Å²) in [5.74, 6) is -2.03. The number of methoxy groups -OCH3 is 1. The van der Waals surface area contributed by atoms with E-state index in [1.165, 1.54) is 0 Å². The van der Waals surface area contributed by atoms with Crippen molar-refractivity contribution < 1.29 is 33.7 Å². The van der Waals surface area contributed by atoms with Crippen molar-refractivity contribution >= 4 is 29.4 Å². The molecule has 2 rings (SSSR count). The molecule has 0 radical (unpaired) electrons. The molecule has 2 N–H and O–H groups in total. The van der Waals surface area contributed by atoms with E-state index < -0.39 is 23.3 Å². The molecule has 0 saturated heterocycles. The average Bonchev–Trinajstić information content (AvgIpc) is 3.27. The number of benzene rings is 1. The number of rotatable bonds is 15. The highest BCUT2D eigenvalue weighted by Crippen LogP contribution is 2.44. The topological polar surface area (TPSA) is 111 Å². The first-order valence-electron chi connectivity index (χ1n) is 11.8. The standard InChI is InChI=1S/C25H36ClNO7/c1-3-34-23(30)19(10-13-32-2)15-25(11-4-5-12-25)24(31)27-21(14-22(28)29)17-33-16-18-6-8-20(26)9-7-18/h6-9,19,21H,3-5,10-17H2,1-2H3,(H,27,31)(H,28,29). The molecule has 0 aromatic heterocycles. The molecule has 1 aliphatic rings. The van der Waals surface area contributed by atoms with Gasteiger partial charge in [0.1, 0.15) is 0 Å². The van der Waals surface area contributed by atoms with Crippen molar-refractivity contribution in [3.63, 3.8) is 0 Å². The Balaban J connectivity index is 2.06. The predicted molar refractivity (Wildman–Crippen MR) is 127 cm³/mol. The van der Waals surface area contributed by atoms with Crippen LogP contribution in [0.2, 0.25) is 5.02 Å². The zero-order valence-corrected chi connectivity index (χ0v) is 20.8. The van der Waals surface area contributed by atoms with Gasteiger partial charge in [-0.1, -0.05) is 36.6 Å². The Hall–Kier alpha value is -2.16. The monoisotopic (exact) mass is 497 g/mol. The summed E-state index contributed by atoms with van der Waals surface area (Å²) in [5, 5.41) is 12.9. The van der Waals surface area contributed by atoms with E-state index in [1.807, 2.05) is 12.1 Å². The Labute approximate surface area is 206 Å². The van der Waals surface area contributed by atoms with E-state index in [4.69, 9.17) is 25.8 Å². The van der Waals surface area contributed by atoms with Crippen LogP contribution in [0.3, 0.4) is 0 Å². The third-order valence-electron chi connectivity index (χ3n) is 6.23. The van der Waals surface area contributed by atoms with Crippen molar-refractivity contribution in [2.24, 2.45) is 11.3 Å². The summed E-state index contributed by atoms with van der Waals surface area (Å²) in [7, 11) is 1.57. The number of nitrogens with one attached hydrogen (secondary N) is 1. The van der Waals surface area contributed by atoms with Gasteiger partial charge in [0, 0.05) is 18.7 Å². The highest BCUT2D eigenvalue weighted by molar-refractivity contribution is 6.30. The molecule has 0 heterocycles. The first-order chi connectivity index (χ1) is 16.3. The number of esters is 1. The normalized spacial score (nSPS) is 16.6. The van der Waals surface area contributed by atoms with Gasteiger partial charge >= 0.3 is 11.9 Å². The Morgan fingerprint density at radius 2 is 1.85 bits per heavy atom. The van der Waals surface area contributed by atoms with Gasteiger partial charge in [0.05, 0.1) is 43.6 Å². The molecule has 0 aliphatic heterocycles. The minimum atomic E-state index is -1.02. The third kappa shape index (κ3) is 8.89. The van der Waals surface area contributed by atoms with Gasteiger partial charge in [-0.25, -0.2) is 0 Å². The molecule has 1 aliphatic carbocycles. The molecular weight excluding hydrogens is 462 g/mol. The Bertz CT molecular complexity index is 793. The molecule has 1 aromatic rings. The van der Waals surface area contributed by atoms with Gasteiger partial charge in [-0.05, 0) is 50.3 Å². The van der Waals surface area contributed by atoms with E-state index in [9.17, 15) is 19.5 Å². The SMILES string of the molecule is CCOC(=O)C(CCOC)CC1(C(=O)NC(COCc2ccc(Cl)cc2)CC(=O)O)CCCC1. The van der Waals surface area contributed by atoms with Gasteiger partial charge in [-0.2, -0.15) is 0 Å². The van der Waals surface area contributed by atoms with Gasteiger partial charge in [-0.3, -0.25) is 14.4 Å². The van der Waals surface area contributed by atoms with E-state index in [0.717, 1.165) is 18.4 Å². The Kier molecular flexibility index (Phi) is 11.8. The van der Waals surface area contributed by atoms with Crippen LogP contribution in [-0.4, -0.2) is 55.9 Å². The number of hydrogen-bond donors (Lipinski definition) is 2. The summed E-state index contributed by atoms with van der Waals surface area (Å²) in [6.45, 7) is 2.75. The number of aliphatic carboxylic acids is 1. The number of halogens is 1. The minimum Gasteiger partial charge on any atom is -0.481 e. The van der Waals surface area contributed by atoms with Crippen LogP contribution in [0, 0.1) is 11.3 Å². The molecule has 34 heavy (non-hydrogen) atoms. The fraction of sp³-hybridized carbons (Fsp3) is 0.640. The highest BCUT2D eigenvalue weighted by Gasteiger charge is 2.45. The van der Waals surface area contributed by atoms with Crippen LogP contribution in [0.25, 0.3) is 0 Å². The summed E-state index contributed by atoms with van der Waals surface area (Å²) in [6.07, 6.45) is 3.61. The van der Waals surface area contributed by atoms with Gasteiger partial charge in [0.25, 0.3) is 0 Å².